The molecule has 0 aliphatic rings. The third kappa shape index (κ3) is 9.30. The molecule has 0 saturated heterocycles. The van der Waals surface area contributed by atoms with Gasteiger partial charge in [-0.3, -0.25) is 4.99 Å². The Bertz CT molecular complexity index is 476. The highest BCUT2D eigenvalue weighted by Crippen LogP contribution is 2.08. The van der Waals surface area contributed by atoms with Crippen LogP contribution in [0.3, 0.4) is 0 Å². The van der Waals surface area contributed by atoms with E-state index in [4.69, 9.17) is 0 Å². The number of hydrogen-bond acceptors (Lipinski definition) is 3. The molecule has 0 fully saturated rings. The lowest BCUT2D eigenvalue weighted by molar-refractivity contribution is 0.537. The van der Waals surface area contributed by atoms with Gasteiger partial charge in [0.15, 0.2) is 5.96 Å². The number of nitrogens with zero attached hydrogens (tertiary/aromatic N) is 3. The predicted octanol–water partition coefficient (Wildman–Crippen LogP) is 3.79. The minimum absolute atomic E-state index is 0. The molecular formula is C18H34IN5. The minimum Gasteiger partial charge on any atom is -0.363 e. The molecule has 1 atom stereocenters. The van der Waals surface area contributed by atoms with Gasteiger partial charge in [-0.25, -0.2) is 4.98 Å². The van der Waals surface area contributed by atoms with Crippen molar-refractivity contribution in [1.29, 1.82) is 0 Å². The molecule has 0 bridgehead atoms. The van der Waals surface area contributed by atoms with Crippen LogP contribution in [0.25, 0.3) is 0 Å². The van der Waals surface area contributed by atoms with Crippen LogP contribution in [0, 0.1) is 0 Å². The molecule has 2 N–H and O–H groups in total. The first-order valence-electron chi connectivity index (χ1n) is 8.67. The molecule has 1 aromatic rings. The Hall–Kier alpha value is -1.05. The van der Waals surface area contributed by atoms with Crippen molar-refractivity contribution >= 4 is 35.8 Å². The van der Waals surface area contributed by atoms with Gasteiger partial charge in [-0.15, -0.1) is 24.0 Å². The summed E-state index contributed by atoms with van der Waals surface area (Å²) >= 11 is 0. The van der Waals surface area contributed by atoms with Crippen molar-refractivity contribution in [2.75, 3.05) is 26.0 Å². The Labute approximate surface area is 164 Å². The van der Waals surface area contributed by atoms with E-state index in [0.717, 1.165) is 17.5 Å². The van der Waals surface area contributed by atoms with Gasteiger partial charge in [0.2, 0.25) is 0 Å². The zero-order valence-electron chi connectivity index (χ0n) is 15.8. The second-order valence-corrected chi connectivity index (χ2v) is 6.20. The van der Waals surface area contributed by atoms with Crippen molar-refractivity contribution in [1.82, 2.24) is 15.6 Å². The number of aliphatic imine (C=N–C) groups is 1. The van der Waals surface area contributed by atoms with Gasteiger partial charge < -0.3 is 15.5 Å². The van der Waals surface area contributed by atoms with E-state index < -0.39 is 0 Å². The molecule has 1 heterocycles. The van der Waals surface area contributed by atoms with E-state index in [0.29, 0.717) is 12.6 Å². The molecule has 1 unspecified atom stereocenters. The average molecular weight is 447 g/mol. The first kappa shape index (κ1) is 22.9. The fourth-order valence-electron chi connectivity index (χ4n) is 2.37. The molecule has 138 valence electrons. The Morgan fingerprint density at radius 2 is 2.00 bits per heavy atom. The standard InChI is InChI=1S/C18H33N5.HI/c1-6-7-8-9-11-15(2)21-18(19-3)20-14-16-12-10-13-17(22-16)23(4)5;/h10,12-13,15H,6-9,11,14H2,1-5H3,(H2,19,20,21);1H. The van der Waals surface area contributed by atoms with E-state index >= 15 is 0 Å². The predicted molar refractivity (Wildman–Crippen MR) is 116 cm³/mol. The monoisotopic (exact) mass is 447 g/mol. The highest BCUT2D eigenvalue weighted by Gasteiger charge is 2.06. The summed E-state index contributed by atoms with van der Waals surface area (Å²) < 4.78 is 0. The molecule has 0 aliphatic carbocycles. The van der Waals surface area contributed by atoms with Gasteiger partial charge in [0.1, 0.15) is 5.82 Å². The molecule has 24 heavy (non-hydrogen) atoms. The Balaban J connectivity index is 0.00000529. The van der Waals surface area contributed by atoms with Crippen LogP contribution in [0.15, 0.2) is 23.2 Å². The highest BCUT2D eigenvalue weighted by atomic mass is 127. The minimum atomic E-state index is 0. The number of pyridine rings is 1. The highest BCUT2D eigenvalue weighted by molar-refractivity contribution is 14.0. The molecule has 0 spiro atoms. The van der Waals surface area contributed by atoms with Crippen LogP contribution < -0.4 is 15.5 Å². The number of halogens is 1. The number of anilines is 1. The van der Waals surface area contributed by atoms with Gasteiger partial charge in [0, 0.05) is 27.2 Å². The van der Waals surface area contributed by atoms with Gasteiger partial charge in [-0.05, 0) is 25.5 Å². The van der Waals surface area contributed by atoms with E-state index in [2.05, 4.69) is 34.5 Å². The van der Waals surface area contributed by atoms with Gasteiger partial charge >= 0.3 is 0 Å². The molecule has 1 aromatic heterocycles. The van der Waals surface area contributed by atoms with Crippen LogP contribution in [-0.4, -0.2) is 38.1 Å². The van der Waals surface area contributed by atoms with Crippen LogP contribution in [0.5, 0.6) is 0 Å². The number of nitrogens with one attached hydrogen (secondary N) is 2. The van der Waals surface area contributed by atoms with Crippen molar-refractivity contribution in [2.24, 2.45) is 4.99 Å². The lowest BCUT2D eigenvalue weighted by Crippen LogP contribution is -2.42. The summed E-state index contributed by atoms with van der Waals surface area (Å²) in [6.07, 6.45) is 6.37. The van der Waals surface area contributed by atoms with Gasteiger partial charge in [-0.2, -0.15) is 0 Å². The molecule has 0 radical (unpaired) electrons. The SMILES string of the molecule is CCCCCCC(C)NC(=NC)NCc1cccc(N(C)C)n1.I. The second-order valence-electron chi connectivity index (χ2n) is 6.20. The molecule has 1 rings (SSSR count). The number of hydrogen-bond donors (Lipinski definition) is 2. The molecule has 5 nitrogen and oxygen atoms in total. The van der Waals surface area contributed by atoms with Crippen molar-refractivity contribution in [3.8, 4) is 0 Å². The summed E-state index contributed by atoms with van der Waals surface area (Å²) in [4.78, 5) is 10.9. The van der Waals surface area contributed by atoms with E-state index in [1.54, 1.807) is 0 Å². The molecule has 0 aromatic carbocycles. The van der Waals surface area contributed by atoms with Crippen LogP contribution in [-0.2, 0) is 6.54 Å². The summed E-state index contributed by atoms with van der Waals surface area (Å²) in [5.74, 6) is 1.81. The Morgan fingerprint density at radius 1 is 1.25 bits per heavy atom. The molecule has 0 aliphatic heterocycles. The lowest BCUT2D eigenvalue weighted by atomic mass is 10.1. The summed E-state index contributed by atoms with van der Waals surface area (Å²) in [6.45, 7) is 5.13. The van der Waals surface area contributed by atoms with Crippen LogP contribution in [0.4, 0.5) is 5.82 Å². The number of rotatable bonds is 9. The first-order valence-corrected chi connectivity index (χ1v) is 8.67. The average Bonchev–Trinajstić information content (AvgIpc) is 2.55. The van der Waals surface area contributed by atoms with Gasteiger partial charge in [-0.1, -0.05) is 38.7 Å². The Morgan fingerprint density at radius 3 is 2.62 bits per heavy atom. The summed E-state index contributed by atoms with van der Waals surface area (Å²) in [5, 5.41) is 6.79. The quantitative estimate of drug-likeness (QED) is 0.262. The summed E-state index contributed by atoms with van der Waals surface area (Å²) in [6, 6.07) is 6.50. The zero-order chi connectivity index (χ0) is 17.1. The lowest BCUT2D eigenvalue weighted by Gasteiger charge is -2.18. The zero-order valence-corrected chi connectivity index (χ0v) is 18.1. The third-order valence-corrected chi connectivity index (χ3v) is 3.78. The van der Waals surface area contributed by atoms with Crippen molar-refractivity contribution in [3.05, 3.63) is 23.9 Å². The van der Waals surface area contributed by atoms with E-state index in [1.165, 1.54) is 32.1 Å². The number of unbranched alkanes of at least 4 members (excludes halogenated alkanes) is 3. The number of guanidine groups is 1. The maximum absolute atomic E-state index is 4.61. The van der Waals surface area contributed by atoms with Gasteiger partial charge in [0.25, 0.3) is 0 Å². The van der Waals surface area contributed by atoms with Crippen molar-refractivity contribution in [3.63, 3.8) is 0 Å². The second kappa shape index (κ2) is 13.3. The normalized spacial score (nSPS) is 12.3. The molecule has 0 saturated carbocycles. The van der Waals surface area contributed by atoms with Crippen LogP contribution in [0.1, 0.15) is 51.6 Å². The maximum Gasteiger partial charge on any atom is 0.191 e. The summed E-state index contributed by atoms with van der Waals surface area (Å²) in [5.41, 5.74) is 1.01. The first-order chi connectivity index (χ1) is 11.1. The van der Waals surface area contributed by atoms with E-state index in [-0.39, 0.29) is 24.0 Å². The van der Waals surface area contributed by atoms with Gasteiger partial charge in [0.05, 0.1) is 12.2 Å². The molecule has 6 heteroatoms. The maximum atomic E-state index is 4.61. The summed E-state index contributed by atoms with van der Waals surface area (Å²) in [7, 11) is 5.81. The Kier molecular flexibility index (Phi) is 12.7. The van der Waals surface area contributed by atoms with Crippen molar-refractivity contribution < 1.29 is 0 Å². The fourth-order valence-corrected chi connectivity index (χ4v) is 2.37. The number of aromatic nitrogens is 1. The van der Waals surface area contributed by atoms with E-state index in [1.807, 2.05) is 44.2 Å². The topological polar surface area (TPSA) is 52.6 Å². The largest absolute Gasteiger partial charge is 0.363 e. The van der Waals surface area contributed by atoms with E-state index in [9.17, 15) is 0 Å². The van der Waals surface area contributed by atoms with Crippen LogP contribution >= 0.6 is 24.0 Å². The molecule has 0 amide bonds. The van der Waals surface area contributed by atoms with Crippen LogP contribution in [0.2, 0.25) is 0 Å². The third-order valence-electron chi connectivity index (χ3n) is 3.78. The van der Waals surface area contributed by atoms with Crippen molar-refractivity contribution in [2.45, 2.75) is 58.5 Å². The molecular weight excluding hydrogens is 413 g/mol. The smallest absolute Gasteiger partial charge is 0.191 e. The fraction of sp³-hybridized carbons (Fsp3) is 0.667.